The molecule has 20 heavy (non-hydrogen) atoms. The van der Waals surface area contributed by atoms with Gasteiger partial charge in [-0.2, -0.15) is 0 Å². The van der Waals surface area contributed by atoms with Crippen LogP contribution in [0.1, 0.15) is 0 Å². The van der Waals surface area contributed by atoms with Gasteiger partial charge in [0.25, 0.3) is 0 Å². The van der Waals surface area contributed by atoms with E-state index in [0.29, 0.717) is 28.6 Å². The van der Waals surface area contributed by atoms with Gasteiger partial charge in [-0.25, -0.2) is 0 Å². The largest absolute Gasteiger partial charge is 0.496 e. The molecule has 5 heteroatoms. The monoisotopic (exact) mass is 267 g/mol. The maximum Gasteiger partial charge on any atom is 0.195 e. The van der Waals surface area contributed by atoms with Crippen molar-refractivity contribution < 1.29 is 9.26 Å². The number of hydrogen-bond donors (Lipinski definition) is 1. The van der Waals surface area contributed by atoms with Crippen molar-refractivity contribution in [1.29, 1.82) is 0 Å². The van der Waals surface area contributed by atoms with Crippen LogP contribution in [0.15, 0.2) is 53.2 Å². The second-order valence-electron chi connectivity index (χ2n) is 4.19. The second kappa shape index (κ2) is 5.05. The zero-order valence-corrected chi connectivity index (χ0v) is 10.9. The minimum Gasteiger partial charge on any atom is -0.496 e. The van der Waals surface area contributed by atoms with Crippen LogP contribution < -0.4 is 10.5 Å². The third-order valence-corrected chi connectivity index (χ3v) is 2.99. The molecule has 0 aliphatic carbocycles. The Labute approximate surface area is 116 Å². The van der Waals surface area contributed by atoms with Crippen LogP contribution in [-0.2, 0) is 0 Å². The fraction of sp³-hybridized carbons (Fsp3) is 0.0667. The minimum atomic E-state index is 0.315. The molecule has 0 amide bonds. The molecule has 0 aliphatic heterocycles. The number of anilines is 1. The van der Waals surface area contributed by atoms with Gasteiger partial charge in [-0.1, -0.05) is 29.4 Å². The third-order valence-electron chi connectivity index (χ3n) is 2.99. The highest BCUT2D eigenvalue weighted by Crippen LogP contribution is 2.40. The molecule has 0 bridgehead atoms. The summed E-state index contributed by atoms with van der Waals surface area (Å²) in [6.45, 7) is 0. The summed E-state index contributed by atoms with van der Waals surface area (Å²) in [6, 6.07) is 13.1. The van der Waals surface area contributed by atoms with Crippen LogP contribution in [0.25, 0.3) is 22.6 Å². The predicted molar refractivity (Wildman–Crippen MR) is 76.1 cm³/mol. The number of nitrogens with zero attached hydrogens (tertiary/aromatic N) is 2. The molecular weight excluding hydrogens is 254 g/mol. The molecule has 5 nitrogen and oxygen atoms in total. The van der Waals surface area contributed by atoms with Gasteiger partial charge in [0.15, 0.2) is 11.6 Å². The molecule has 2 heterocycles. The number of hydrogen-bond acceptors (Lipinski definition) is 5. The van der Waals surface area contributed by atoms with E-state index in [4.69, 9.17) is 15.0 Å². The highest BCUT2D eigenvalue weighted by atomic mass is 16.5. The Bertz CT molecular complexity index is 723. The zero-order valence-electron chi connectivity index (χ0n) is 10.9. The first-order chi connectivity index (χ1) is 9.81. The van der Waals surface area contributed by atoms with Gasteiger partial charge in [-0.15, -0.1) is 0 Å². The van der Waals surface area contributed by atoms with Crippen LogP contribution >= 0.6 is 0 Å². The van der Waals surface area contributed by atoms with Crippen molar-refractivity contribution in [2.75, 3.05) is 12.8 Å². The second-order valence-corrected chi connectivity index (χ2v) is 4.19. The fourth-order valence-electron chi connectivity index (χ4n) is 2.09. The molecule has 0 saturated heterocycles. The molecule has 0 spiro atoms. The van der Waals surface area contributed by atoms with E-state index in [1.165, 1.54) is 0 Å². The summed E-state index contributed by atoms with van der Waals surface area (Å²) in [5.74, 6) is 1.56. The summed E-state index contributed by atoms with van der Waals surface area (Å²) < 4.78 is 10.7. The Hall–Kier alpha value is -2.82. The number of aromatic nitrogens is 2. The van der Waals surface area contributed by atoms with Crippen LogP contribution in [0, 0.1) is 0 Å². The van der Waals surface area contributed by atoms with E-state index < -0.39 is 0 Å². The van der Waals surface area contributed by atoms with Gasteiger partial charge in [0, 0.05) is 11.8 Å². The summed E-state index contributed by atoms with van der Waals surface area (Å²) in [5.41, 5.74) is 8.15. The minimum absolute atomic E-state index is 0.315. The average Bonchev–Trinajstić information content (AvgIpc) is 2.89. The molecule has 3 aromatic rings. The first-order valence-corrected chi connectivity index (χ1v) is 6.11. The molecule has 1 aromatic carbocycles. The number of pyridine rings is 1. The van der Waals surface area contributed by atoms with Gasteiger partial charge in [0.2, 0.25) is 0 Å². The lowest BCUT2D eigenvalue weighted by atomic mass is 10.0. The molecule has 0 atom stereocenters. The Morgan fingerprint density at radius 3 is 2.65 bits per heavy atom. The maximum absolute atomic E-state index is 5.95. The highest BCUT2D eigenvalue weighted by Gasteiger charge is 2.20. The normalized spacial score (nSPS) is 10.4. The fourth-order valence-corrected chi connectivity index (χ4v) is 2.09. The Kier molecular flexibility index (Phi) is 3.09. The molecule has 2 aromatic heterocycles. The number of benzene rings is 1. The average molecular weight is 267 g/mol. The number of rotatable bonds is 3. The number of nitrogen functional groups attached to an aromatic ring is 1. The molecule has 2 N–H and O–H groups in total. The lowest BCUT2D eigenvalue weighted by Crippen LogP contribution is -1.93. The van der Waals surface area contributed by atoms with E-state index in [-0.39, 0.29) is 0 Å². The summed E-state index contributed by atoms with van der Waals surface area (Å²) in [4.78, 5) is 4.27. The topological polar surface area (TPSA) is 74.2 Å². The van der Waals surface area contributed by atoms with Gasteiger partial charge in [0.05, 0.1) is 12.7 Å². The molecule has 0 radical (unpaired) electrons. The highest BCUT2D eigenvalue weighted by molar-refractivity contribution is 5.88. The van der Waals surface area contributed by atoms with Crippen molar-refractivity contribution in [2.45, 2.75) is 0 Å². The predicted octanol–water partition coefficient (Wildman–Crippen LogP) is 2.99. The van der Waals surface area contributed by atoms with Crippen LogP contribution in [0.5, 0.6) is 5.75 Å². The number of ether oxygens (including phenoxy) is 1. The molecular formula is C15H13N3O2. The molecule has 0 saturated carbocycles. The van der Waals surface area contributed by atoms with E-state index >= 15 is 0 Å². The quantitative estimate of drug-likeness (QED) is 0.789. The lowest BCUT2D eigenvalue weighted by Gasteiger charge is -2.08. The SMILES string of the molecule is COc1ccccc1-c1c(N)noc1-c1ccccn1. The number of methoxy groups -OCH3 is 1. The van der Waals surface area contributed by atoms with Crippen LogP contribution in [0.4, 0.5) is 5.82 Å². The molecule has 0 aliphatic rings. The van der Waals surface area contributed by atoms with Crippen LogP contribution in [0.3, 0.4) is 0 Å². The first kappa shape index (κ1) is 12.2. The van der Waals surface area contributed by atoms with Gasteiger partial charge in [0.1, 0.15) is 11.4 Å². The third kappa shape index (κ3) is 1.99. The van der Waals surface area contributed by atoms with Crippen molar-refractivity contribution >= 4 is 5.82 Å². The Morgan fingerprint density at radius 1 is 1.10 bits per heavy atom. The summed E-state index contributed by atoms with van der Waals surface area (Å²) in [6.07, 6.45) is 1.69. The zero-order chi connectivity index (χ0) is 13.9. The number of nitrogens with two attached hydrogens (primary N) is 1. The van der Waals surface area contributed by atoms with Crippen molar-refractivity contribution in [1.82, 2.24) is 10.1 Å². The van der Waals surface area contributed by atoms with Crippen molar-refractivity contribution in [3.8, 4) is 28.3 Å². The smallest absolute Gasteiger partial charge is 0.195 e. The molecule has 100 valence electrons. The van der Waals surface area contributed by atoms with E-state index in [2.05, 4.69) is 10.1 Å². The first-order valence-electron chi connectivity index (χ1n) is 6.11. The summed E-state index contributed by atoms with van der Waals surface area (Å²) in [7, 11) is 1.61. The van der Waals surface area contributed by atoms with Gasteiger partial charge in [-0.05, 0) is 18.2 Å². The summed E-state index contributed by atoms with van der Waals surface area (Å²) >= 11 is 0. The van der Waals surface area contributed by atoms with Crippen LogP contribution in [-0.4, -0.2) is 17.3 Å². The van der Waals surface area contributed by atoms with E-state index in [0.717, 1.165) is 5.56 Å². The van der Waals surface area contributed by atoms with Crippen LogP contribution in [0.2, 0.25) is 0 Å². The standard InChI is InChI=1S/C15H13N3O2/c1-19-12-8-3-2-6-10(12)13-14(20-18-15(13)16)11-7-4-5-9-17-11/h2-9H,1H3,(H2,16,18). The van der Waals surface area contributed by atoms with E-state index in [1.54, 1.807) is 13.3 Å². The molecule has 0 fully saturated rings. The van der Waals surface area contributed by atoms with Crippen molar-refractivity contribution in [3.05, 3.63) is 48.7 Å². The van der Waals surface area contributed by atoms with Gasteiger partial charge in [-0.3, -0.25) is 4.98 Å². The Balaban J connectivity index is 2.22. The van der Waals surface area contributed by atoms with E-state index in [9.17, 15) is 0 Å². The molecule has 0 unspecified atom stereocenters. The summed E-state index contributed by atoms with van der Waals surface area (Å²) in [5, 5.41) is 3.85. The van der Waals surface area contributed by atoms with Gasteiger partial charge < -0.3 is 15.0 Å². The lowest BCUT2D eigenvalue weighted by molar-refractivity contribution is 0.416. The maximum atomic E-state index is 5.95. The number of para-hydroxylation sites is 1. The van der Waals surface area contributed by atoms with Crippen molar-refractivity contribution in [3.63, 3.8) is 0 Å². The molecule has 3 rings (SSSR count). The Morgan fingerprint density at radius 2 is 1.90 bits per heavy atom. The van der Waals surface area contributed by atoms with E-state index in [1.807, 2.05) is 42.5 Å². The van der Waals surface area contributed by atoms with Crippen molar-refractivity contribution in [2.24, 2.45) is 0 Å². The van der Waals surface area contributed by atoms with Gasteiger partial charge >= 0.3 is 0 Å².